The van der Waals surface area contributed by atoms with E-state index >= 15 is 0 Å². The molecule has 5 heterocycles. The molecule has 3 saturated heterocycles. The Morgan fingerprint density at radius 2 is 1.86 bits per heavy atom. The van der Waals surface area contributed by atoms with Gasteiger partial charge in [-0.2, -0.15) is 5.10 Å². The number of carbonyl (C=O) groups is 2. The summed E-state index contributed by atoms with van der Waals surface area (Å²) in [5.41, 5.74) is 7.76. The maximum absolute atomic E-state index is 13.1. The normalized spacial score (nSPS) is 19.3. The number of likely N-dealkylation sites (tertiary alicyclic amines) is 1. The van der Waals surface area contributed by atoms with Crippen molar-refractivity contribution in [3.8, 4) is 11.1 Å². The van der Waals surface area contributed by atoms with Gasteiger partial charge >= 0.3 is 0 Å². The SMILES string of the molecule is CCc1nc2c(cnn2CC)c(NC2CCOCC2)c1CNC(=O)CC(=O)NCc1ccc(Cl)c(-c2cccc(CN3C[C@@H]4CC3CN4)c2)c1. The van der Waals surface area contributed by atoms with Crippen molar-refractivity contribution in [2.75, 3.05) is 31.6 Å². The van der Waals surface area contributed by atoms with Crippen molar-refractivity contribution in [1.29, 1.82) is 0 Å². The highest BCUT2D eigenvalue weighted by Gasteiger charge is 2.37. The van der Waals surface area contributed by atoms with E-state index in [0.717, 1.165) is 77.1 Å². The predicted octanol–water partition coefficient (Wildman–Crippen LogP) is 4.79. The van der Waals surface area contributed by atoms with Crippen LogP contribution in [0.15, 0.2) is 48.7 Å². The van der Waals surface area contributed by atoms with Gasteiger partial charge in [0.05, 0.1) is 17.3 Å². The summed E-state index contributed by atoms with van der Waals surface area (Å²) in [5, 5.41) is 19.4. The molecule has 4 aromatic rings. The third-order valence-corrected chi connectivity index (χ3v) is 10.6. The van der Waals surface area contributed by atoms with Crippen molar-refractivity contribution in [3.63, 3.8) is 0 Å². The number of rotatable bonds is 13. The molecular weight excluding hydrogens is 652 g/mol. The lowest BCUT2D eigenvalue weighted by atomic mass is 10.0. The van der Waals surface area contributed by atoms with Crippen molar-refractivity contribution in [1.82, 2.24) is 35.6 Å². The lowest BCUT2D eigenvalue weighted by Crippen LogP contribution is -2.42. The molecule has 264 valence electrons. The minimum Gasteiger partial charge on any atom is -0.381 e. The molecule has 2 bridgehead atoms. The number of nitrogens with zero attached hydrogens (tertiary/aromatic N) is 4. The second-order valence-electron chi connectivity index (χ2n) is 13.7. The number of piperazine rings is 1. The van der Waals surface area contributed by atoms with E-state index in [-0.39, 0.29) is 30.8 Å². The monoisotopic (exact) mass is 698 g/mol. The first-order valence-electron chi connectivity index (χ1n) is 18.0. The number of pyridine rings is 1. The van der Waals surface area contributed by atoms with E-state index in [9.17, 15) is 9.59 Å². The first kappa shape index (κ1) is 34.4. The van der Waals surface area contributed by atoms with Gasteiger partial charge in [-0.1, -0.05) is 42.8 Å². The van der Waals surface area contributed by atoms with Crippen molar-refractivity contribution < 1.29 is 14.3 Å². The van der Waals surface area contributed by atoms with Crippen LogP contribution in [0.3, 0.4) is 0 Å². The Hall–Kier alpha value is -4.03. The van der Waals surface area contributed by atoms with Crippen LogP contribution in [0, 0.1) is 0 Å². The van der Waals surface area contributed by atoms with Gasteiger partial charge in [0.25, 0.3) is 0 Å². The van der Waals surface area contributed by atoms with Crippen molar-refractivity contribution in [2.24, 2.45) is 0 Å². The average Bonchev–Trinajstić information content (AvgIpc) is 3.87. The molecule has 3 fully saturated rings. The van der Waals surface area contributed by atoms with Crippen molar-refractivity contribution >= 4 is 40.1 Å². The lowest BCUT2D eigenvalue weighted by Gasteiger charge is -2.27. The smallest absolute Gasteiger partial charge is 0.229 e. The van der Waals surface area contributed by atoms with Gasteiger partial charge < -0.3 is 26.0 Å². The molecule has 7 rings (SSSR count). The fourth-order valence-corrected chi connectivity index (χ4v) is 7.80. The van der Waals surface area contributed by atoms with Crippen LogP contribution in [0.4, 0.5) is 5.69 Å². The molecule has 0 aliphatic carbocycles. The summed E-state index contributed by atoms with van der Waals surface area (Å²) in [6.45, 7) is 9.89. The molecular formula is C38H47ClN8O3. The van der Waals surface area contributed by atoms with Crippen molar-refractivity contribution in [3.05, 3.63) is 76.1 Å². The Bertz CT molecular complexity index is 1860. The van der Waals surface area contributed by atoms with Gasteiger partial charge in [0.2, 0.25) is 11.8 Å². The van der Waals surface area contributed by atoms with Gasteiger partial charge in [-0.25, -0.2) is 9.67 Å². The zero-order valence-corrected chi connectivity index (χ0v) is 29.7. The number of anilines is 1. The molecule has 3 aliphatic heterocycles. The second-order valence-corrected chi connectivity index (χ2v) is 14.1. The fraction of sp³-hybridized carbons (Fsp3) is 0.474. The van der Waals surface area contributed by atoms with Gasteiger partial charge in [-0.15, -0.1) is 0 Å². The maximum Gasteiger partial charge on any atom is 0.229 e. The highest BCUT2D eigenvalue weighted by Crippen LogP contribution is 2.33. The Morgan fingerprint density at radius 3 is 2.60 bits per heavy atom. The summed E-state index contributed by atoms with van der Waals surface area (Å²) < 4.78 is 7.47. The molecule has 2 amide bonds. The van der Waals surface area contributed by atoms with E-state index in [2.05, 4.69) is 62.5 Å². The molecule has 12 heteroatoms. The quantitative estimate of drug-likeness (QED) is 0.147. The van der Waals surface area contributed by atoms with Crippen LogP contribution >= 0.6 is 11.6 Å². The second kappa shape index (κ2) is 15.5. The first-order valence-corrected chi connectivity index (χ1v) is 18.4. The molecule has 2 atom stereocenters. The molecule has 0 saturated carbocycles. The summed E-state index contributed by atoms with van der Waals surface area (Å²) in [4.78, 5) is 33.5. The van der Waals surface area contributed by atoms with Crippen LogP contribution in [-0.2, 0) is 46.9 Å². The number of hydrogen-bond donors (Lipinski definition) is 4. The number of amides is 2. The number of carbonyl (C=O) groups excluding carboxylic acids is 2. The van der Waals surface area contributed by atoms with Gasteiger partial charge in [-0.05, 0) is 67.5 Å². The molecule has 2 aromatic carbocycles. The average molecular weight is 699 g/mol. The number of halogens is 1. The number of aryl methyl sites for hydroxylation is 2. The van der Waals surface area contributed by atoms with Crippen LogP contribution in [0.5, 0.6) is 0 Å². The number of hydrogen-bond acceptors (Lipinski definition) is 8. The summed E-state index contributed by atoms with van der Waals surface area (Å²) in [6, 6.07) is 15.8. The van der Waals surface area contributed by atoms with E-state index in [1.165, 1.54) is 12.0 Å². The van der Waals surface area contributed by atoms with E-state index < -0.39 is 0 Å². The molecule has 3 aliphatic rings. The van der Waals surface area contributed by atoms with E-state index in [0.29, 0.717) is 49.8 Å². The summed E-state index contributed by atoms with van der Waals surface area (Å²) in [6.07, 6.45) is 5.31. The zero-order valence-electron chi connectivity index (χ0n) is 28.9. The third-order valence-electron chi connectivity index (χ3n) is 10.3. The molecule has 0 spiro atoms. The number of fused-ring (bicyclic) bond motifs is 3. The Balaban J connectivity index is 0.973. The summed E-state index contributed by atoms with van der Waals surface area (Å²) in [5.74, 6) is -0.689. The van der Waals surface area contributed by atoms with Crippen LogP contribution in [-0.4, -0.2) is 75.9 Å². The maximum atomic E-state index is 13.1. The van der Waals surface area contributed by atoms with Crippen LogP contribution in [0.2, 0.25) is 5.02 Å². The highest BCUT2D eigenvalue weighted by molar-refractivity contribution is 6.33. The third kappa shape index (κ3) is 7.66. The van der Waals surface area contributed by atoms with Crippen molar-refractivity contribution in [2.45, 2.75) is 90.3 Å². The van der Waals surface area contributed by atoms with E-state index in [1.54, 1.807) is 0 Å². The Labute approximate surface area is 298 Å². The summed E-state index contributed by atoms with van der Waals surface area (Å²) >= 11 is 6.67. The molecule has 4 N–H and O–H groups in total. The molecule has 50 heavy (non-hydrogen) atoms. The minimum atomic E-state index is -0.346. The van der Waals surface area contributed by atoms with Gasteiger partial charge in [0.1, 0.15) is 6.42 Å². The van der Waals surface area contributed by atoms with Crippen LogP contribution in [0.25, 0.3) is 22.2 Å². The van der Waals surface area contributed by atoms with Gasteiger partial charge in [-0.3, -0.25) is 14.5 Å². The number of benzene rings is 2. The standard InChI is InChI=1S/C38H47ClN8O3/c1-3-34-31(37(44-27-10-12-50-13-11-27)32-21-43-47(4-2)38(32)45-34)20-42-36(49)17-35(48)41-18-24-8-9-33(39)30(15-24)26-7-5-6-25(14-26)22-46-23-28-16-29(46)19-40-28/h5-9,14-15,21,27-29,40H,3-4,10-13,16-20,22-23H2,1-2H3,(H,41,48)(H,42,49)(H,44,45)/t28-,29?/m0/s1. The van der Waals surface area contributed by atoms with Gasteiger partial charge in [0.15, 0.2) is 5.65 Å². The first-order chi connectivity index (χ1) is 24.4. The van der Waals surface area contributed by atoms with Crippen LogP contribution < -0.4 is 21.3 Å². The molecule has 2 aromatic heterocycles. The van der Waals surface area contributed by atoms with E-state index in [1.807, 2.05) is 36.0 Å². The van der Waals surface area contributed by atoms with E-state index in [4.69, 9.17) is 21.3 Å². The minimum absolute atomic E-state index is 0.254. The fourth-order valence-electron chi connectivity index (χ4n) is 7.58. The Morgan fingerprint density at radius 1 is 1.04 bits per heavy atom. The lowest BCUT2D eigenvalue weighted by molar-refractivity contribution is -0.129. The van der Waals surface area contributed by atoms with Gasteiger partial charge in [0, 0.05) is 92.5 Å². The molecule has 0 radical (unpaired) electrons. The molecule has 1 unspecified atom stereocenters. The topological polar surface area (TPSA) is 125 Å². The highest BCUT2D eigenvalue weighted by atomic mass is 35.5. The van der Waals surface area contributed by atoms with Crippen LogP contribution in [0.1, 0.15) is 61.9 Å². The number of nitrogens with one attached hydrogen (secondary N) is 4. The summed E-state index contributed by atoms with van der Waals surface area (Å²) in [7, 11) is 0. The molecule has 11 nitrogen and oxygen atoms in total. The zero-order chi connectivity index (χ0) is 34.6. The largest absolute Gasteiger partial charge is 0.381 e. The Kier molecular flexibility index (Phi) is 10.6. The number of aromatic nitrogens is 3. The number of ether oxygens (including phenoxy) is 1. The predicted molar refractivity (Wildman–Crippen MR) is 196 cm³/mol.